The molecule has 3 aromatic rings. The molecule has 3 rings (SSSR count). The number of methoxy groups -OCH3 is 1. The van der Waals surface area contributed by atoms with Crippen molar-refractivity contribution < 1.29 is 9.53 Å². The molecule has 26 heavy (non-hydrogen) atoms. The molecular formula is C22H19NO2S. The number of hydrogen-bond donors (Lipinski definition) is 0. The van der Waals surface area contributed by atoms with E-state index in [9.17, 15) is 4.79 Å². The summed E-state index contributed by atoms with van der Waals surface area (Å²) in [6, 6.07) is 25.8. The van der Waals surface area contributed by atoms with Gasteiger partial charge in [0.15, 0.2) is 0 Å². The van der Waals surface area contributed by atoms with Gasteiger partial charge in [0.05, 0.1) is 18.4 Å². The average Bonchev–Trinajstić information content (AvgIpc) is 2.72. The summed E-state index contributed by atoms with van der Waals surface area (Å²) < 4.78 is 4.69. The number of thioether (sulfide) groups is 1. The van der Waals surface area contributed by atoms with E-state index in [0.29, 0.717) is 5.56 Å². The molecule has 0 aliphatic carbocycles. The molecule has 0 N–H and O–H groups in total. The summed E-state index contributed by atoms with van der Waals surface area (Å²) in [7, 11) is 1.37. The van der Waals surface area contributed by atoms with E-state index in [2.05, 4.69) is 41.4 Å². The molecule has 0 aliphatic rings. The van der Waals surface area contributed by atoms with Crippen LogP contribution in [0.3, 0.4) is 0 Å². The first-order valence-corrected chi connectivity index (χ1v) is 9.22. The summed E-state index contributed by atoms with van der Waals surface area (Å²) in [6.07, 6.45) is 1.79. The van der Waals surface area contributed by atoms with Gasteiger partial charge in [0.25, 0.3) is 0 Å². The molecule has 0 atom stereocenters. The van der Waals surface area contributed by atoms with Gasteiger partial charge in [-0.15, -0.1) is 11.8 Å². The van der Waals surface area contributed by atoms with Crippen molar-refractivity contribution in [3.8, 4) is 0 Å². The van der Waals surface area contributed by atoms with Crippen LogP contribution >= 0.6 is 11.8 Å². The number of carbonyl (C=O) groups is 1. The highest BCUT2D eigenvalue weighted by atomic mass is 32.2. The second-order valence-electron chi connectivity index (χ2n) is 5.64. The Kier molecular flexibility index (Phi) is 6.23. The Labute approximate surface area is 157 Å². The fourth-order valence-electron chi connectivity index (χ4n) is 2.33. The lowest BCUT2D eigenvalue weighted by atomic mass is 10.1. The molecule has 4 heteroatoms. The molecule has 0 saturated heterocycles. The fraction of sp³-hybridized carbons (Fsp3) is 0.0909. The summed E-state index contributed by atoms with van der Waals surface area (Å²) >= 11 is 1.82. The fourth-order valence-corrected chi connectivity index (χ4v) is 3.21. The zero-order chi connectivity index (χ0) is 18.2. The van der Waals surface area contributed by atoms with Gasteiger partial charge in [0, 0.05) is 16.9 Å². The molecule has 3 aromatic carbocycles. The van der Waals surface area contributed by atoms with Crippen molar-refractivity contribution in [1.29, 1.82) is 0 Å². The van der Waals surface area contributed by atoms with Gasteiger partial charge in [-0.3, -0.25) is 4.99 Å². The second-order valence-corrected chi connectivity index (χ2v) is 6.69. The third kappa shape index (κ3) is 5.07. The Morgan fingerprint density at radius 2 is 1.65 bits per heavy atom. The highest BCUT2D eigenvalue weighted by Crippen LogP contribution is 2.23. The molecule has 0 heterocycles. The van der Waals surface area contributed by atoms with E-state index in [1.165, 1.54) is 17.6 Å². The van der Waals surface area contributed by atoms with Gasteiger partial charge in [-0.05, 0) is 47.5 Å². The van der Waals surface area contributed by atoms with Crippen molar-refractivity contribution in [2.45, 2.75) is 10.6 Å². The molecule has 0 spiro atoms. The van der Waals surface area contributed by atoms with Gasteiger partial charge in [0.2, 0.25) is 0 Å². The topological polar surface area (TPSA) is 38.7 Å². The van der Waals surface area contributed by atoms with Crippen LogP contribution in [0, 0.1) is 0 Å². The molecule has 0 aliphatic heterocycles. The highest BCUT2D eigenvalue weighted by Gasteiger charge is 2.03. The first-order chi connectivity index (χ1) is 12.7. The third-order valence-corrected chi connectivity index (χ3v) is 4.86. The van der Waals surface area contributed by atoms with Gasteiger partial charge in [-0.2, -0.15) is 0 Å². The highest BCUT2D eigenvalue weighted by molar-refractivity contribution is 7.98. The zero-order valence-electron chi connectivity index (χ0n) is 14.5. The van der Waals surface area contributed by atoms with Crippen LogP contribution in [-0.4, -0.2) is 19.3 Å². The second kappa shape index (κ2) is 9.02. The number of benzene rings is 3. The quantitative estimate of drug-likeness (QED) is 0.330. The predicted molar refractivity (Wildman–Crippen MR) is 107 cm³/mol. The van der Waals surface area contributed by atoms with Crippen LogP contribution in [-0.2, 0) is 10.5 Å². The molecular weight excluding hydrogens is 342 g/mol. The molecule has 0 unspecified atom stereocenters. The molecule has 0 bridgehead atoms. The summed E-state index contributed by atoms with van der Waals surface area (Å²) in [5.41, 5.74) is 3.63. The Bertz CT molecular complexity index is 872. The predicted octanol–water partition coefficient (Wildman–Crippen LogP) is 5.52. The van der Waals surface area contributed by atoms with Crippen molar-refractivity contribution in [1.82, 2.24) is 0 Å². The summed E-state index contributed by atoms with van der Waals surface area (Å²) in [6.45, 7) is 0. The Balaban J connectivity index is 1.58. The minimum absolute atomic E-state index is 0.336. The van der Waals surface area contributed by atoms with E-state index < -0.39 is 0 Å². The van der Waals surface area contributed by atoms with E-state index in [4.69, 9.17) is 4.74 Å². The van der Waals surface area contributed by atoms with Crippen LogP contribution in [0.25, 0.3) is 0 Å². The van der Waals surface area contributed by atoms with Gasteiger partial charge in [-0.1, -0.05) is 42.5 Å². The number of rotatable bonds is 6. The van der Waals surface area contributed by atoms with Crippen LogP contribution in [0.1, 0.15) is 21.5 Å². The maximum Gasteiger partial charge on any atom is 0.337 e. The van der Waals surface area contributed by atoms with Crippen LogP contribution in [0.4, 0.5) is 5.69 Å². The van der Waals surface area contributed by atoms with Crippen LogP contribution < -0.4 is 0 Å². The van der Waals surface area contributed by atoms with E-state index in [1.807, 2.05) is 42.1 Å². The molecule has 0 amide bonds. The van der Waals surface area contributed by atoms with Crippen molar-refractivity contribution >= 4 is 29.6 Å². The van der Waals surface area contributed by atoms with Gasteiger partial charge in [-0.25, -0.2) is 4.79 Å². The largest absolute Gasteiger partial charge is 0.465 e. The third-order valence-electron chi connectivity index (χ3n) is 3.78. The van der Waals surface area contributed by atoms with Crippen LogP contribution in [0.5, 0.6) is 0 Å². The zero-order valence-corrected chi connectivity index (χ0v) is 15.3. The number of aliphatic imine (C=N–C) groups is 1. The minimum atomic E-state index is -0.336. The monoisotopic (exact) mass is 361 g/mol. The van der Waals surface area contributed by atoms with Crippen molar-refractivity contribution in [2.75, 3.05) is 7.11 Å². The summed E-state index contributed by atoms with van der Waals surface area (Å²) in [5.74, 6) is 0.598. The van der Waals surface area contributed by atoms with E-state index in [0.717, 1.165) is 17.0 Å². The van der Waals surface area contributed by atoms with Crippen molar-refractivity contribution in [3.63, 3.8) is 0 Å². The number of carbonyl (C=O) groups excluding carboxylic acids is 1. The average molecular weight is 361 g/mol. The van der Waals surface area contributed by atoms with Crippen molar-refractivity contribution in [3.05, 3.63) is 95.6 Å². The molecule has 0 aromatic heterocycles. The Morgan fingerprint density at radius 1 is 0.962 bits per heavy atom. The maximum atomic E-state index is 11.4. The summed E-state index contributed by atoms with van der Waals surface area (Å²) in [5, 5.41) is 0. The Morgan fingerprint density at radius 3 is 2.31 bits per heavy atom. The molecule has 3 nitrogen and oxygen atoms in total. The lowest BCUT2D eigenvalue weighted by Gasteiger charge is -2.02. The molecule has 0 radical (unpaired) electrons. The minimum Gasteiger partial charge on any atom is -0.465 e. The number of nitrogens with zero attached hydrogens (tertiary/aromatic N) is 1. The number of hydrogen-bond acceptors (Lipinski definition) is 4. The lowest BCUT2D eigenvalue weighted by Crippen LogP contribution is -2.00. The van der Waals surface area contributed by atoms with Crippen molar-refractivity contribution in [2.24, 2.45) is 4.99 Å². The lowest BCUT2D eigenvalue weighted by molar-refractivity contribution is 0.0600. The summed E-state index contributed by atoms with van der Waals surface area (Å²) in [4.78, 5) is 17.2. The van der Waals surface area contributed by atoms with E-state index in [-0.39, 0.29) is 5.97 Å². The number of esters is 1. The SMILES string of the molecule is COC(=O)c1ccc(C=Nc2ccc(CSc3ccccc3)cc2)cc1. The van der Waals surface area contributed by atoms with Crippen LogP contribution in [0.15, 0.2) is 88.8 Å². The standard InChI is InChI=1S/C22H19NO2S/c1-25-22(24)19-11-7-17(8-12-19)15-23-20-13-9-18(10-14-20)16-26-21-5-3-2-4-6-21/h2-15H,16H2,1H3. The maximum absolute atomic E-state index is 11.4. The molecule has 0 fully saturated rings. The first-order valence-electron chi connectivity index (χ1n) is 8.24. The molecule has 130 valence electrons. The van der Waals surface area contributed by atoms with Crippen LogP contribution in [0.2, 0.25) is 0 Å². The Hall–Kier alpha value is -2.85. The van der Waals surface area contributed by atoms with E-state index >= 15 is 0 Å². The normalized spacial score (nSPS) is 10.8. The smallest absolute Gasteiger partial charge is 0.337 e. The van der Waals surface area contributed by atoms with Gasteiger partial charge >= 0.3 is 5.97 Å². The van der Waals surface area contributed by atoms with Gasteiger partial charge < -0.3 is 4.74 Å². The number of ether oxygens (including phenoxy) is 1. The van der Waals surface area contributed by atoms with E-state index in [1.54, 1.807) is 18.3 Å². The first kappa shape index (κ1) is 18.0. The van der Waals surface area contributed by atoms with Gasteiger partial charge in [0.1, 0.15) is 0 Å². The molecule has 0 saturated carbocycles.